The van der Waals surface area contributed by atoms with Crippen LogP contribution in [0, 0.1) is 5.41 Å². The van der Waals surface area contributed by atoms with Gasteiger partial charge in [0.15, 0.2) is 0 Å². The van der Waals surface area contributed by atoms with Crippen molar-refractivity contribution < 1.29 is 4.21 Å². The molecule has 0 heterocycles. The van der Waals surface area contributed by atoms with E-state index in [0.717, 1.165) is 12.2 Å². The van der Waals surface area contributed by atoms with Crippen molar-refractivity contribution in [3.05, 3.63) is 0 Å². The van der Waals surface area contributed by atoms with Crippen molar-refractivity contribution in [2.45, 2.75) is 32.2 Å². The second-order valence-corrected chi connectivity index (χ2v) is 5.23. The minimum Gasteiger partial charge on any atom is -0.327 e. The van der Waals surface area contributed by atoms with Gasteiger partial charge in [0, 0.05) is 28.9 Å². The van der Waals surface area contributed by atoms with Crippen LogP contribution >= 0.6 is 0 Å². The van der Waals surface area contributed by atoms with Crippen LogP contribution in [0.1, 0.15) is 26.2 Å². The largest absolute Gasteiger partial charge is 0.327 e. The van der Waals surface area contributed by atoms with Gasteiger partial charge in [-0.1, -0.05) is 0 Å². The van der Waals surface area contributed by atoms with E-state index in [-0.39, 0.29) is 6.04 Å². The van der Waals surface area contributed by atoms with Crippen LogP contribution in [0.5, 0.6) is 0 Å². The van der Waals surface area contributed by atoms with Crippen LogP contribution in [-0.4, -0.2) is 22.3 Å². The average molecular weight is 175 g/mol. The first-order chi connectivity index (χ1) is 5.07. The van der Waals surface area contributed by atoms with Crippen molar-refractivity contribution in [2.24, 2.45) is 11.1 Å². The Hall–Kier alpha value is 0.110. The number of hydrogen-bond donors (Lipinski definition) is 1. The molecule has 1 fully saturated rings. The second-order valence-electron chi connectivity index (χ2n) is 3.68. The van der Waals surface area contributed by atoms with Gasteiger partial charge in [0.2, 0.25) is 0 Å². The molecule has 0 aromatic rings. The van der Waals surface area contributed by atoms with E-state index in [4.69, 9.17) is 5.73 Å². The molecule has 0 saturated heterocycles. The van der Waals surface area contributed by atoms with E-state index < -0.39 is 10.8 Å². The lowest BCUT2D eigenvalue weighted by molar-refractivity contribution is 0.409. The molecule has 2 nitrogen and oxygen atoms in total. The maximum Gasteiger partial charge on any atom is 0.0237 e. The third-order valence-corrected chi connectivity index (χ3v) is 3.52. The first kappa shape index (κ1) is 9.20. The molecule has 1 aliphatic rings. The third kappa shape index (κ3) is 2.27. The highest BCUT2D eigenvalue weighted by Gasteiger charge is 2.45. The van der Waals surface area contributed by atoms with E-state index in [1.807, 2.05) is 0 Å². The highest BCUT2D eigenvalue weighted by Crippen LogP contribution is 2.50. The van der Waals surface area contributed by atoms with Gasteiger partial charge in [-0.15, -0.1) is 0 Å². The zero-order chi connectivity index (χ0) is 8.48. The molecule has 1 saturated carbocycles. The fourth-order valence-electron chi connectivity index (χ4n) is 1.44. The molecule has 2 unspecified atom stereocenters. The molecule has 0 bridgehead atoms. The first-order valence-corrected chi connectivity index (χ1v) is 5.85. The standard InChI is InChI=1S/C8H17NOS/c1-7(9)8(3-4-8)5-6-11(2)10/h7H,3-6,9H2,1-2H3. The normalized spacial score (nSPS) is 26.1. The van der Waals surface area contributed by atoms with Crippen LogP contribution in [0.15, 0.2) is 0 Å². The van der Waals surface area contributed by atoms with E-state index in [9.17, 15) is 4.21 Å². The van der Waals surface area contributed by atoms with E-state index in [0.29, 0.717) is 5.41 Å². The Morgan fingerprint density at radius 1 is 1.64 bits per heavy atom. The molecule has 2 atom stereocenters. The van der Waals surface area contributed by atoms with Gasteiger partial charge in [0.25, 0.3) is 0 Å². The van der Waals surface area contributed by atoms with E-state index >= 15 is 0 Å². The van der Waals surface area contributed by atoms with Crippen molar-refractivity contribution in [1.29, 1.82) is 0 Å². The van der Waals surface area contributed by atoms with Gasteiger partial charge in [-0.05, 0) is 31.6 Å². The van der Waals surface area contributed by atoms with Crippen molar-refractivity contribution >= 4 is 10.8 Å². The lowest BCUT2D eigenvalue weighted by atomic mass is 9.96. The molecule has 0 aliphatic heterocycles. The van der Waals surface area contributed by atoms with Gasteiger partial charge in [-0.2, -0.15) is 0 Å². The van der Waals surface area contributed by atoms with Crippen molar-refractivity contribution in [3.63, 3.8) is 0 Å². The predicted octanol–water partition coefficient (Wildman–Crippen LogP) is 0.882. The molecule has 1 aliphatic carbocycles. The SMILES string of the molecule is CC(N)C1(CCS(C)=O)CC1. The smallest absolute Gasteiger partial charge is 0.0237 e. The lowest BCUT2D eigenvalue weighted by Crippen LogP contribution is -2.29. The molecule has 0 radical (unpaired) electrons. The lowest BCUT2D eigenvalue weighted by Gasteiger charge is -2.18. The molecule has 1 rings (SSSR count). The summed E-state index contributed by atoms with van der Waals surface area (Å²) in [5, 5.41) is 0. The van der Waals surface area contributed by atoms with Crippen molar-refractivity contribution in [1.82, 2.24) is 0 Å². The zero-order valence-electron chi connectivity index (χ0n) is 7.30. The van der Waals surface area contributed by atoms with Crippen LogP contribution in [-0.2, 0) is 10.8 Å². The van der Waals surface area contributed by atoms with Crippen LogP contribution in [0.4, 0.5) is 0 Å². The average Bonchev–Trinajstić information content (AvgIpc) is 2.63. The summed E-state index contributed by atoms with van der Waals surface area (Å²) in [6, 6.07) is 0.283. The quantitative estimate of drug-likeness (QED) is 0.689. The Morgan fingerprint density at radius 2 is 2.18 bits per heavy atom. The zero-order valence-corrected chi connectivity index (χ0v) is 8.12. The van der Waals surface area contributed by atoms with Gasteiger partial charge in [-0.3, -0.25) is 4.21 Å². The maximum absolute atomic E-state index is 10.8. The Morgan fingerprint density at radius 3 is 2.45 bits per heavy atom. The summed E-state index contributed by atoms with van der Waals surface area (Å²) in [7, 11) is -0.644. The van der Waals surface area contributed by atoms with Gasteiger partial charge < -0.3 is 5.73 Å². The van der Waals surface area contributed by atoms with Crippen molar-refractivity contribution in [3.8, 4) is 0 Å². The molecule has 3 heteroatoms. The van der Waals surface area contributed by atoms with Crippen LogP contribution < -0.4 is 5.73 Å². The minimum absolute atomic E-state index is 0.283. The highest BCUT2D eigenvalue weighted by molar-refractivity contribution is 7.84. The second kappa shape index (κ2) is 3.23. The highest BCUT2D eigenvalue weighted by atomic mass is 32.2. The van der Waals surface area contributed by atoms with Crippen molar-refractivity contribution in [2.75, 3.05) is 12.0 Å². The molecule has 0 amide bonds. The molecule has 0 aromatic heterocycles. The van der Waals surface area contributed by atoms with Crippen LogP contribution in [0.25, 0.3) is 0 Å². The monoisotopic (exact) mass is 175 g/mol. The summed E-state index contributed by atoms with van der Waals surface area (Å²) in [6.45, 7) is 2.06. The van der Waals surface area contributed by atoms with Gasteiger partial charge >= 0.3 is 0 Å². The van der Waals surface area contributed by atoms with Crippen LogP contribution in [0.3, 0.4) is 0 Å². The number of hydrogen-bond acceptors (Lipinski definition) is 2. The van der Waals surface area contributed by atoms with Gasteiger partial charge in [0.1, 0.15) is 0 Å². The summed E-state index contributed by atoms with van der Waals surface area (Å²) in [6.07, 6.45) is 5.29. The van der Waals surface area contributed by atoms with Crippen LogP contribution in [0.2, 0.25) is 0 Å². The molecule has 2 N–H and O–H groups in total. The Bertz CT molecular complexity index is 163. The van der Waals surface area contributed by atoms with E-state index in [1.165, 1.54) is 12.8 Å². The third-order valence-electron chi connectivity index (χ3n) is 2.75. The molecular formula is C8H17NOS. The van der Waals surface area contributed by atoms with Gasteiger partial charge in [0.05, 0.1) is 0 Å². The van der Waals surface area contributed by atoms with Gasteiger partial charge in [-0.25, -0.2) is 0 Å². The van der Waals surface area contributed by atoms with E-state index in [1.54, 1.807) is 6.26 Å². The summed E-state index contributed by atoms with van der Waals surface area (Å²) in [5.41, 5.74) is 6.19. The molecular weight excluding hydrogens is 158 g/mol. The molecule has 0 spiro atoms. The fourth-order valence-corrected chi connectivity index (χ4v) is 2.13. The topological polar surface area (TPSA) is 43.1 Å². The molecule has 66 valence electrons. The Balaban J connectivity index is 2.30. The summed E-state index contributed by atoms with van der Waals surface area (Å²) in [5.74, 6) is 0.821. The predicted molar refractivity (Wildman–Crippen MR) is 48.9 cm³/mol. The fraction of sp³-hybridized carbons (Fsp3) is 1.00. The number of nitrogens with two attached hydrogens (primary N) is 1. The Kier molecular flexibility index (Phi) is 2.70. The van der Waals surface area contributed by atoms with E-state index in [2.05, 4.69) is 6.92 Å². The molecule has 0 aromatic carbocycles. The summed E-state index contributed by atoms with van der Waals surface area (Å²) in [4.78, 5) is 0. The maximum atomic E-state index is 10.8. The molecule has 11 heavy (non-hydrogen) atoms. The minimum atomic E-state index is -0.644. The first-order valence-electron chi connectivity index (χ1n) is 4.12. The summed E-state index contributed by atoms with van der Waals surface area (Å²) < 4.78 is 10.8. The number of rotatable bonds is 4. The Labute approximate surface area is 71.0 Å². The summed E-state index contributed by atoms with van der Waals surface area (Å²) >= 11 is 0.